The minimum Gasteiger partial charge on any atom is -0.478 e. The Morgan fingerprint density at radius 1 is 0.964 bits per heavy atom. The van der Waals surface area contributed by atoms with Crippen LogP contribution in [0.1, 0.15) is 16.1 Å². The first kappa shape index (κ1) is 19.1. The summed E-state index contributed by atoms with van der Waals surface area (Å²) in [6.45, 7) is 0. The number of nitrogens with one attached hydrogen (secondary N) is 2. The van der Waals surface area contributed by atoms with Crippen LogP contribution in [-0.4, -0.2) is 22.1 Å². The van der Waals surface area contributed by atoms with Crippen LogP contribution in [0, 0.1) is 0 Å². The number of carbonyl (C=O) groups excluding carboxylic acids is 1. The molecule has 1 aromatic heterocycles. The molecule has 140 valence electrons. The van der Waals surface area contributed by atoms with Gasteiger partial charge >= 0.3 is 5.97 Å². The molecule has 1 heterocycles. The van der Waals surface area contributed by atoms with E-state index >= 15 is 0 Å². The molecule has 0 aliphatic rings. The number of furan rings is 1. The molecule has 0 atom stereocenters. The van der Waals surface area contributed by atoms with Crippen LogP contribution in [0.4, 0.5) is 5.69 Å². The van der Waals surface area contributed by atoms with Crippen molar-refractivity contribution in [2.45, 2.75) is 0 Å². The molecule has 7 heteroatoms. The predicted octanol–water partition coefficient (Wildman–Crippen LogP) is 4.17. The first-order valence-electron chi connectivity index (χ1n) is 8.30. The highest BCUT2D eigenvalue weighted by molar-refractivity contribution is 7.80. The average molecular weight is 392 g/mol. The third-order valence-corrected chi connectivity index (χ3v) is 3.93. The SMILES string of the molecule is O=C(/C=C/c1ccc(-c2ccccc2)o1)NC(=S)Nc1ccccc1C(=O)O. The molecule has 6 nitrogen and oxygen atoms in total. The fourth-order valence-corrected chi connectivity index (χ4v) is 2.65. The molecular weight excluding hydrogens is 376 g/mol. The summed E-state index contributed by atoms with van der Waals surface area (Å²) in [5.41, 5.74) is 1.29. The maximum Gasteiger partial charge on any atom is 0.337 e. The predicted molar refractivity (Wildman–Crippen MR) is 111 cm³/mol. The average Bonchev–Trinajstić information content (AvgIpc) is 3.16. The first-order valence-corrected chi connectivity index (χ1v) is 8.71. The second-order valence-electron chi connectivity index (χ2n) is 5.70. The van der Waals surface area contributed by atoms with Gasteiger partial charge in [-0.15, -0.1) is 0 Å². The van der Waals surface area contributed by atoms with Crippen LogP contribution >= 0.6 is 12.2 Å². The third-order valence-electron chi connectivity index (χ3n) is 3.73. The summed E-state index contributed by atoms with van der Waals surface area (Å²) in [7, 11) is 0. The highest BCUT2D eigenvalue weighted by Crippen LogP contribution is 2.22. The van der Waals surface area contributed by atoms with Crippen molar-refractivity contribution >= 4 is 41.0 Å². The summed E-state index contributed by atoms with van der Waals surface area (Å²) in [6, 6.07) is 19.5. The Morgan fingerprint density at radius 2 is 1.68 bits per heavy atom. The van der Waals surface area contributed by atoms with Gasteiger partial charge in [-0.3, -0.25) is 10.1 Å². The quantitative estimate of drug-likeness (QED) is 0.446. The van der Waals surface area contributed by atoms with Gasteiger partial charge in [0.1, 0.15) is 11.5 Å². The lowest BCUT2D eigenvalue weighted by atomic mass is 10.2. The van der Waals surface area contributed by atoms with E-state index in [1.807, 2.05) is 36.4 Å². The number of thiocarbonyl (C=S) groups is 1. The number of rotatable bonds is 5. The van der Waals surface area contributed by atoms with E-state index in [2.05, 4.69) is 10.6 Å². The number of carboxylic acids is 1. The number of benzene rings is 2. The minimum absolute atomic E-state index is 0.00669. The molecule has 3 rings (SSSR count). The molecule has 2 aromatic carbocycles. The number of carbonyl (C=O) groups is 2. The van der Waals surface area contributed by atoms with Crippen molar-refractivity contribution < 1.29 is 19.1 Å². The van der Waals surface area contributed by atoms with Crippen molar-refractivity contribution in [1.29, 1.82) is 0 Å². The van der Waals surface area contributed by atoms with Crippen molar-refractivity contribution in [3.63, 3.8) is 0 Å². The van der Waals surface area contributed by atoms with Gasteiger partial charge in [0.25, 0.3) is 0 Å². The summed E-state index contributed by atoms with van der Waals surface area (Å²) in [5, 5.41) is 14.3. The van der Waals surface area contributed by atoms with Crippen LogP contribution in [0.2, 0.25) is 0 Å². The minimum atomic E-state index is -1.09. The molecule has 28 heavy (non-hydrogen) atoms. The number of carboxylic acid groups (broad SMARTS) is 1. The molecule has 0 bridgehead atoms. The molecule has 1 amide bonds. The molecule has 0 saturated carbocycles. The molecule has 0 fully saturated rings. The maximum atomic E-state index is 12.0. The van der Waals surface area contributed by atoms with E-state index in [-0.39, 0.29) is 10.7 Å². The van der Waals surface area contributed by atoms with Crippen molar-refractivity contribution in [3.8, 4) is 11.3 Å². The highest BCUT2D eigenvalue weighted by Gasteiger charge is 2.11. The van der Waals surface area contributed by atoms with E-state index in [4.69, 9.17) is 21.7 Å². The third kappa shape index (κ3) is 4.93. The lowest BCUT2D eigenvalue weighted by Crippen LogP contribution is -2.33. The van der Waals surface area contributed by atoms with E-state index in [1.165, 1.54) is 18.2 Å². The standard InChI is InChI=1S/C21H16N2O4S/c24-19(23-21(28)22-17-9-5-4-8-16(17)20(25)26)13-11-15-10-12-18(27-15)14-6-2-1-3-7-14/h1-13H,(H,25,26)(H2,22,23,24,28)/b13-11+. The summed E-state index contributed by atoms with van der Waals surface area (Å²) in [5.74, 6) is -0.348. The zero-order chi connectivity index (χ0) is 19.9. The summed E-state index contributed by atoms with van der Waals surface area (Å²) >= 11 is 5.06. The smallest absolute Gasteiger partial charge is 0.337 e. The van der Waals surface area contributed by atoms with Crippen LogP contribution in [0.15, 0.2) is 77.2 Å². The molecule has 3 aromatic rings. The Labute approximate surface area is 166 Å². The van der Waals surface area contributed by atoms with E-state index in [9.17, 15) is 9.59 Å². The summed E-state index contributed by atoms with van der Waals surface area (Å²) in [4.78, 5) is 23.2. The van der Waals surface area contributed by atoms with Crippen LogP contribution < -0.4 is 10.6 Å². The molecular formula is C21H16N2O4S. The molecule has 0 aliphatic heterocycles. The second kappa shape index (κ2) is 8.79. The Hall–Kier alpha value is -3.71. The monoisotopic (exact) mass is 392 g/mol. The van der Waals surface area contributed by atoms with Crippen LogP contribution in [0.25, 0.3) is 17.4 Å². The van der Waals surface area contributed by atoms with Crippen LogP contribution in [-0.2, 0) is 4.79 Å². The van der Waals surface area contributed by atoms with Gasteiger partial charge in [0.15, 0.2) is 5.11 Å². The fraction of sp³-hybridized carbons (Fsp3) is 0. The summed E-state index contributed by atoms with van der Waals surface area (Å²) < 4.78 is 5.68. The topological polar surface area (TPSA) is 91.6 Å². The van der Waals surface area contributed by atoms with Gasteiger partial charge in [-0.25, -0.2) is 4.79 Å². The van der Waals surface area contributed by atoms with Gasteiger partial charge in [-0.2, -0.15) is 0 Å². The fourth-order valence-electron chi connectivity index (χ4n) is 2.44. The van der Waals surface area contributed by atoms with Crippen molar-refractivity contribution in [3.05, 3.63) is 84.1 Å². The number of aromatic carboxylic acids is 1. The van der Waals surface area contributed by atoms with Gasteiger partial charge < -0.3 is 14.8 Å². The highest BCUT2D eigenvalue weighted by atomic mass is 32.1. The number of para-hydroxylation sites is 1. The van der Waals surface area contributed by atoms with Gasteiger partial charge in [0, 0.05) is 11.6 Å². The van der Waals surface area contributed by atoms with Crippen LogP contribution in [0.5, 0.6) is 0 Å². The maximum absolute atomic E-state index is 12.0. The molecule has 3 N–H and O–H groups in total. The second-order valence-corrected chi connectivity index (χ2v) is 6.10. The summed E-state index contributed by atoms with van der Waals surface area (Å²) in [6.07, 6.45) is 2.81. The largest absolute Gasteiger partial charge is 0.478 e. The zero-order valence-electron chi connectivity index (χ0n) is 14.6. The Morgan fingerprint density at radius 3 is 2.43 bits per heavy atom. The number of hydrogen-bond acceptors (Lipinski definition) is 4. The van der Waals surface area contributed by atoms with Gasteiger partial charge in [0.05, 0.1) is 11.3 Å². The van der Waals surface area contributed by atoms with Gasteiger partial charge in [-0.05, 0) is 42.6 Å². The van der Waals surface area contributed by atoms with E-state index in [0.29, 0.717) is 17.2 Å². The van der Waals surface area contributed by atoms with Gasteiger partial charge in [-0.1, -0.05) is 42.5 Å². The zero-order valence-corrected chi connectivity index (χ0v) is 15.4. The molecule has 0 radical (unpaired) electrons. The van der Waals surface area contributed by atoms with Crippen molar-refractivity contribution in [2.75, 3.05) is 5.32 Å². The molecule has 0 saturated heterocycles. The lowest BCUT2D eigenvalue weighted by molar-refractivity contribution is -0.115. The number of hydrogen-bond donors (Lipinski definition) is 3. The number of amides is 1. The van der Waals surface area contributed by atoms with Gasteiger partial charge in [0.2, 0.25) is 5.91 Å². The van der Waals surface area contributed by atoms with E-state index in [0.717, 1.165) is 5.56 Å². The molecule has 0 unspecified atom stereocenters. The van der Waals surface area contributed by atoms with Crippen LogP contribution in [0.3, 0.4) is 0 Å². The number of anilines is 1. The Kier molecular flexibility index (Phi) is 5.98. The first-order chi connectivity index (χ1) is 13.5. The van der Waals surface area contributed by atoms with Crippen molar-refractivity contribution in [2.24, 2.45) is 0 Å². The van der Waals surface area contributed by atoms with E-state index in [1.54, 1.807) is 24.3 Å². The Bertz CT molecular complexity index is 1040. The van der Waals surface area contributed by atoms with E-state index < -0.39 is 11.9 Å². The van der Waals surface area contributed by atoms with Crippen molar-refractivity contribution in [1.82, 2.24) is 5.32 Å². The lowest BCUT2D eigenvalue weighted by Gasteiger charge is -2.10. The Balaban J connectivity index is 1.59. The molecule has 0 spiro atoms. The molecule has 0 aliphatic carbocycles. The normalized spacial score (nSPS) is 10.6.